The Morgan fingerprint density at radius 1 is 0.825 bits per heavy atom. The van der Waals surface area contributed by atoms with Gasteiger partial charge in [-0.15, -0.1) is 0 Å². The molecule has 0 N–H and O–H groups in total. The molecule has 0 bridgehead atoms. The van der Waals surface area contributed by atoms with Gasteiger partial charge in [-0.25, -0.2) is 24.2 Å². The van der Waals surface area contributed by atoms with Crippen molar-refractivity contribution in [2.75, 3.05) is 33.2 Å². The molecule has 12 nitrogen and oxygen atoms in total. The normalized spacial score (nSPS) is 26.1. The molecule has 0 atom stereocenters. The first kappa shape index (κ1) is 25.9. The highest BCUT2D eigenvalue weighted by Crippen LogP contribution is 3.04. The maximum absolute atomic E-state index is 13.3. The number of aliphatic imine (C=N–C) groups is 1. The molecule has 0 aromatic heterocycles. The summed E-state index contributed by atoms with van der Waals surface area (Å²) in [4.78, 5) is 62.2. The lowest BCUT2D eigenvalue weighted by atomic mass is 10.1. The number of rotatable bonds is 2. The maximum Gasteiger partial charge on any atom is 0.348 e. The lowest BCUT2D eigenvalue weighted by Gasteiger charge is -2.69. The van der Waals surface area contributed by atoms with Gasteiger partial charge in [-0.3, -0.25) is 0 Å². The Morgan fingerprint density at radius 3 is 1.93 bits per heavy atom. The summed E-state index contributed by atoms with van der Waals surface area (Å²) in [7, 11) is -4.62. The van der Waals surface area contributed by atoms with E-state index in [1.807, 2.05) is 18.9 Å². The molecule has 5 aliphatic heterocycles. The van der Waals surface area contributed by atoms with Crippen molar-refractivity contribution >= 4 is 44.8 Å². The van der Waals surface area contributed by atoms with Crippen LogP contribution in [0.5, 0.6) is 5.75 Å². The number of carbonyl (C=O) groups is 4. The quantitative estimate of drug-likeness (QED) is 0.520. The minimum atomic E-state index is -6.63. The van der Waals surface area contributed by atoms with Crippen LogP contribution in [0.3, 0.4) is 0 Å². The van der Waals surface area contributed by atoms with Crippen LogP contribution in [-0.2, 0) is 35.9 Å². The van der Waals surface area contributed by atoms with Gasteiger partial charge in [-0.2, -0.15) is 0 Å². The second-order valence-corrected chi connectivity index (χ2v) is 13.7. The molecule has 0 unspecified atom stereocenters. The first-order valence-electron chi connectivity index (χ1n) is 12.8. The summed E-state index contributed by atoms with van der Waals surface area (Å²) in [5.41, 5.74) is 0.619. The molecule has 5 aliphatic rings. The minimum absolute atomic E-state index is 0.0375. The van der Waals surface area contributed by atoms with Crippen molar-refractivity contribution in [2.45, 2.75) is 19.8 Å². The number of carbonyl (C=O) groups excluding carboxylic acids is 4. The van der Waals surface area contributed by atoms with E-state index >= 15 is 0 Å². The van der Waals surface area contributed by atoms with E-state index in [0.717, 1.165) is 37.4 Å². The number of benzene rings is 1. The molecule has 0 saturated carbocycles. The predicted octanol–water partition coefficient (Wildman–Crippen LogP) is 3.11. The number of ether oxygens (including phenoxy) is 1. The number of piperazine rings is 1. The predicted molar refractivity (Wildman–Crippen MR) is 143 cm³/mol. The molecule has 210 valence electrons. The number of likely N-dealkylation sites (N-methyl/N-ethyl adjacent to an activating group) is 1. The third kappa shape index (κ3) is 3.47. The highest BCUT2D eigenvalue weighted by Gasteiger charge is 2.83. The topological polar surface area (TPSA) is 133 Å². The van der Waals surface area contributed by atoms with Gasteiger partial charge in [0.25, 0.3) is 5.09 Å². The highest BCUT2D eigenvalue weighted by molar-refractivity contribution is 8.57. The Bertz CT molecular complexity index is 1450. The number of amidine groups is 1. The van der Waals surface area contributed by atoms with Crippen LogP contribution in [0.15, 0.2) is 75.2 Å². The minimum Gasteiger partial charge on any atom is -0.438 e. The molecule has 1 saturated heterocycles. The summed E-state index contributed by atoms with van der Waals surface area (Å²) in [6.45, 7) is 4.41. The van der Waals surface area contributed by atoms with Crippen molar-refractivity contribution < 1.29 is 40.6 Å². The van der Waals surface area contributed by atoms with Crippen molar-refractivity contribution in [3.05, 3.63) is 70.2 Å². The van der Waals surface area contributed by atoms with Crippen LogP contribution >= 0.6 is 9.42 Å². The van der Waals surface area contributed by atoms with Crippen molar-refractivity contribution in [2.24, 2.45) is 4.99 Å². The summed E-state index contributed by atoms with van der Waals surface area (Å²) in [5, 5.41) is -0.429. The summed E-state index contributed by atoms with van der Waals surface area (Å²) in [6, 6.07) is 6.79. The molecule has 1 spiro atoms. The first-order valence-corrected chi connectivity index (χ1v) is 14.9. The van der Waals surface area contributed by atoms with Gasteiger partial charge in [-0.1, -0.05) is 25.5 Å². The molecule has 5 heterocycles. The van der Waals surface area contributed by atoms with Gasteiger partial charge < -0.3 is 31.3 Å². The SMILES string of the molecule is CCCC1=CC2=C(Oc3ccccc3N=C2N2CCN(C)CC2)S123(OC(=O)C=CC(=O)O2)OC(=O)C=CC(=O)O3. The van der Waals surface area contributed by atoms with E-state index in [0.29, 0.717) is 31.0 Å². The van der Waals surface area contributed by atoms with Crippen LogP contribution in [0.1, 0.15) is 19.8 Å². The molecule has 13 heteroatoms. The van der Waals surface area contributed by atoms with E-state index in [9.17, 15) is 19.2 Å². The number of para-hydroxylation sites is 2. The molecule has 1 aromatic carbocycles. The Kier molecular flexibility index (Phi) is 5.55. The molecule has 0 radical (unpaired) electrons. The van der Waals surface area contributed by atoms with E-state index in [1.54, 1.807) is 30.3 Å². The van der Waals surface area contributed by atoms with Crippen molar-refractivity contribution in [1.29, 1.82) is 0 Å². The van der Waals surface area contributed by atoms with Gasteiger partial charge in [0.1, 0.15) is 11.5 Å². The van der Waals surface area contributed by atoms with Gasteiger partial charge in [-0.05, 0) is 31.7 Å². The van der Waals surface area contributed by atoms with Gasteiger partial charge >= 0.3 is 23.9 Å². The largest absolute Gasteiger partial charge is 0.438 e. The van der Waals surface area contributed by atoms with Crippen LogP contribution in [0.4, 0.5) is 5.69 Å². The van der Waals surface area contributed by atoms with Crippen LogP contribution in [0.25, 0.3) is 0 Å². The fourth-order valence-corrected chi connectivity index (χ4v) is 10.0. The highest BCUT2D eigenvalue weighted by atomic mass is 32.4. The Balaban J connectivity index is 1.74. The lowest BCUT2D eigenvalue weighted by Crippen LogP contribution is -2.51. The Labute approximate surface area is 229 Å². The third-order valence-electron chi connectivity index (χ3n) is 7.10. The molecule has 1 aromatic rings. The van der Waals surface area contributed by atoms with Gasteiger partial charge in [0.2, 0.25) is 9.42 Å². The fraction of sp³-hybridized carbons (Fsp3) is 0.296. The van der Waals surface area contributed by atoms with E-state index < -0.39 is 38.4 Å². The second kappa shape index (κ2) is 8.57. The molecule has 6 rings (SSSR count). The van der Waals surface area contributed by atoms with Gasteiger partial charge in [0.15, 0.2) is 5.75 Å². The summed E-state index contributed by atoms with van der Waals surface area (Å²) in [5.74, 6) is -3.97. The number of hydrogen-bond donors (Lipinski definition) is 0. The molecular formula is C27H27N3O9S. The van der Waals surface area contributed by atoms with Crippen LogP contribution in [-0.4, -0.2) is 72.7 Å². The average Bonchev–Trinajstić information content (AvgIpc) is 3.08. The van der Waals surface area contributed by atoms with Crippen LogP contribution < -0.4 is 4.74 Å². The molecule has 40 heavy (non-hydrogen) atoms. The number of allylic oxidation sites excluding steroid dienone is 1. The van der Waals surface area contributed by atoms with Crippen molar-refractivity contribution in [3.63, 3.8) is 0 Å². The maximum atomic E-state index is 13.3. The Hall–Kier alpha value is -4.36. The van der Waals surface area contributed by atoms with Crippen LogP contribution in [0, 0.1) is 0 Å². The van der Waals surface area contributed by atoms with Gasteiger partial charge in [0.05, 0.1) is 10.5 Å². The van der Waals surface area contributed by atoms with Gasteiger partial charge in [0, 0.05) is 50.5 Å². The standard InChI is InChI=1S/C27H27N3O9S/c1-3-6-18-17-19-26(30-15-13-29(2)14-16-30)28-20-7-4-5-8-21(20)35-27(19)40(18,36-22(31)9-10-23(32)37-40)38-24(33)11-12-25(34)39-40/h4-5,7-12,17H,3,6,13-16H2,1-2H3. The fourth-order valence-electron chi connectivity index (χ4n) is 5.29. The number of fused-ring (bicyclic) bond motifs is 1. The third-order valence-corrected chi connectivity index (χ3v) is 11.8. The first-order chi connectivity index (χ1) is 19.1. The van der Waals surface area contributed by atoms with E-state index in [4.69, 9.17) is 26.5 Å². The van der Waals surface area contributed by atoms with Crippen molar-refractivity contribution in [1.82, 2.24) is 9.80 Å². The zero-order valence-corrected chi connectivity index (χ0v) is 22.7. The van der Waals surface area contributed by atoms with E-state index in [1.165, 1.54) is 0 Å². The summed E-state index contributed by atoms with van der Waals surface area (Å²) in [6.07, 6.45) is 5.25. The molecular weight excluding hydrogens is 542 g/mol. The zero-order valence-electron chi connectivity index (χ0n) is 21.9. The number of hydrogen-bond acceptors (Lipinski definition) is 12. The lowest BCUT2D eigenvalue weighted by molar-refractivity contribution is -0.143. The summed E-state index contributed by atoms with van der Waals surface area (Å²) >= 11 is 0. The van der Waals surface area contributed by atoms with Crippen molar-refractivity contribution in [3.8, 4) is 5.75 Å². The van der Waals surface area contributed by atoms with Crippen LogP contribution in [0.2, 0.25) is 0 Å². The monoisotopic (exact) mass is 569 g/mol. The van der Waals surface area contributed by atoms with E-state index in [2.05, 4.69) is 4.90 Å². The molecule has 0 aliphatic carbocycles. The van der Waals surface area contributed by atoms with E-state index in [-0.39, 0.29) is 22.6 Å². The summed E-state index contributed by atoms with van der Waals surface area (Å²) < 4.78 is 30.5. The Morgan fingerprint density at radius 2 is 1.38 bits per heavy atom. The smallest absolute Gasteiger partial charge is 0.348 e. The molecule has 1 fully saturated rings. The number of nitrogens with zero attached hydrogens (tertiary/aromatic N) is 3. The average molecular weight is 570 g/mol. The molecule has 0 amide bonds. The zero-order chi connectivity index (χ0) is 28.2. The second-order valence-electron chi connectivity index (χ2n) is 9.81.